The molecule has 3 nitrogen and oxygen atoms in total. The van der Waals surface area contributed by atoms with Gasteiger partial charge in [-0.25, -0.2) is 0 Å². The Bertz CT molecular complexity index is 416. The first kappa shape index (κ1) is 15.8. The molecular weight excluding hydrogens is 293 g/mol. The predicted octanol–water partition coefficient (Wildman–Crippen LogP) is 4.04. The van der Waals surface area contributed by atoms with Crippen LogP contribution in [0.15, 0.2) is 6.07 Å². The molecule has 102 valence electrons. The van der Waals surface area contributed by atoms with Crippen molar-refractivity contribution in [3.8, 4) is 0 Å². The van der Waals surface area contributed by atoms with E-state index in [0.717, 1.165) is 5.56 Å². The predicted molar refractivity (Wildman–Crippen MR) is 76.7 cm³/mol. The number of carbonyl (C=O) groups is 1. The topological polar surface area (TPSA) is 49.3 Å². The van der Waals surface area contributed by atoms with E-state index in [4.69, 9.17) is 23.2 Å². The van der Waals surface area contributed by atoms with Crippen LogP contribution >= 0.6 is 34.5 Å². The largest absolute Gasteiger partial charge is 0.481 e. The average Bonchev–Trinajstić information content (AvgIpc) is 2.63. The van der Waals surface area contributed by atoms with Gasteiger partial charge in [0.05, 0.1) is 14.1 Å². The molecule has 0 atom stereocenters. The van der Waals surface area contributed by atoms with Gasteiger partial charge in [-0.2, -0.15) is 0 Å². The number of carboxylic acids is 1. The molecule has 0 saturated heterocycles. The van der Waals surface area contributed by atoms with Gasteiger partial charge in [-0.3, -0.25) is 4.79 Å². The molecule has 1 heterocycles. The highest BCUT2D eigenvalue weighted by molar-refractivity contribution is 7.20. The van der Waals surface area contributed by atoms with Gasteiger partial charge in [0.25, 0.3) is 0 Å². The Morgan fingerprint density at radius 2 is 2.06 bits per heavy atom. The molecule has 0 aliphatic heterocycles. The van der Waals surface area contributed by atoms with Gasteiger partial charge < -0.3 is 10.4 Å². The standard InChI is InChI=1S/C12H17Cl2NO2S/c1-3-12(4-2,11(16)17)7-15-6-8-5-9(13)18-10(8)14/h5,15H,3-4,6-7H2,1-2H3,(H,16,17). The lowest BCUT2D eigenvalue weighted by Gasteiger charge is -2.26. The van der Waals surface area contributed by atoms with E-state index in [0.29, 0.717) is 34.6 Å². The summed E-state index contributed by atoms with van der Waals surface area (Å²) in [5, 5.41) is 12.5. The van der Waals surface area contributed by atoms with E-state index >= 15 is 0 Å². The van der Waals surface area contributed by atoms with Crippen LogP contribution in [-0.4, -0.2) is 17.6 Å². The van der Waals surface area contributed by atoms with Crippen molar-refractivity contribution in [2.75, 3.05) is 6.54 Å². The second-order valence-corrected chi connectivity index (χ2v) is 6.53. The SMILES string of the molecule is CCC(CC)(CNCc1cc(Cl)sc1Cl)C(=O)O. The Morgan fingerprint density at radius 3 is 2.44 bits per heavy atom. The Morgan fingerprint density at radius 1 is 1.44 bits per heavy atom. The number of hydrogen-bond acceptors (Lipinski definition) is 3. The Labute approximate surface area is 121 Å². The highest BCUT2D eigenvalue weighted by Gasteiger charge is 2.34. The molecule has 6 heteroatoms. The molecule has 18 heavy (non-hydrogen) atoms. The maximum Gasteiger partial charge on any atom is 0.310 e. The fourth-order valence-corrected chi connectivity index (χ4v) is 3.30. The van der Waals surface area contributed by atoms with Crippen LogP contribution in [0.5, 0.6) is 0 Å². The minimum atomic E-state index is -0.755. The zero-order valence-electron chi connectivity index (χ0n) is 10.4. The molecule has 1 rings (SSSR count). The number of halogens is 2. The van der Waals surface area contributed by atoms with E-state index in [9.17, 15) is 9.90 Å². The molecular formula is C12H17Cl2NO2S. The van der Waals surface area contributed by atoms with Gasteiger partial charge in [-0.15, -0.1) is 11.3 Å². The maximum atomic E-state index is 11.3. The summed E-state index contributed by atoms with van der Waals surface area (Å²) in [6.07, 6.45) is 1.20. The number of aliphatic carboxylic acids is 1. The van der Waals surface area contributed by atoms with Gasteiger partial charge >= 0.3 is 5.97 Å². The first-order valence-corrected chi connectivity index (χ1v) is 7.40. The molecule has 2 N–H and O–H groups in total. The first-order chi connectivity index (χ1) is 8.45. The molecule has 0 unspecified atom stereocenters. The summed E-state index contributed by atoms with van der Waals surface area (Å²) >= 11 is 13.2. The minimum Gasteiger partial charge on any atom is -0.481 e. The van der Waals surface area contributed by atoms with Gasteiger partial charge in [-0.1, -0.05) is 37.0 Å². The first-order valence-electron chi connectivity index (χ1n) is 5.83. The molecule has 0 radical (unpaired) electrons. The second-order valence-electron chi connectivity index (χ2n) is 4.25. The Balaban J connectivity index is 2.59. The molecule has 0 saturated carbocycles. The van der Waals surface area contributed by atoms with Gasteiger partial charge in [0, 0.05) is 13.1 Å². The van der Waals surface area contributed by atoms with E-state index in [1.54, 1.807) is 0 Å². The molecule has 0 bridgehead atoms. The third kappa shape index (κ3) is 3.60. The van der Waals surface area contributed by atoms with Crippen LogP contribution in [0, 0.1) is 5.41 Å². The smallest absolute Gasteiger partial charge is 0.310 e. The van der Waals surface area contributed by atoms with Crippen LogP contribution in [0.1, 0.15) is 32.3 Å². The van der Waals surface area contributed by atoms with Gasteiger partial charge in [0.1, 0.15) is 0 Å². The summed E-state index contributed by atoms with van der Waals surface area (Å²) in [4.78, 5) is 11.3. The second kappa shape index (κ2) is 6.75. The molecule has 0 aliphatic rings. The molecule has 1 aromatic heterocycles. The van der Waals surface area contributed by atoms with Crippen molar-refractivity contribution in [3.63, 3.8) is 0 Å². The van der Waals surface area contributed by atoms with E-state index < -0.39 is 11.4 Å². The van der Waals surface area contributed by atoms with Gasteiger partial charge in [0.15, 0.2) is 0 Å². The number of rotatable bonds is 7. The summed E-state index contributed by atoms with van der Waals surface area (Å²) in [5.41, 5.74) is 0.213. The van der Waals surface area contributed by atoms with Crippen molar-refractivity contribution in [3.05, 3.63) is 20.3 Å². The van der Waals surface area contributed by atoms with E-state index in [1.807, 2.05) is 19.9 Å². The summed E-state index contributed by atoms with van der Waals surface area (Å²) in [5.74, 6) is -0.755. The molecule has 0 aliphatic carbocycles. The van der Waals surface area contributed by atoms with E-state index in [2.05, 4.69) is 5.32 Å². The van der Waals surface area contributed by atoms with E-state index in [-0.39, 0.29) is 0 Å². The van der Waals surface area contributed by atoms with Crippen LogP contribution in [0.4, 0.5) is 0 Å². The van der Waals surface area contributed by atoms with E-state index in [1.165, 1.54) is 11.3 Å². The van der Waals surface area contributed by atoms with Crippen LogP contribution in [-0.2, 0) is 11.3 Å². The minimum absolute atomic E-state index is 0.430. The number of thiophene rings is 1. The van der Waals surface area contributed by atoms with Crippen LogP contribution in [0.2, 0.25) is 8.67 Å². The molecule has 0 spiro atoms. The monoisotopic (exact) mass is 309 g/mol. The average molecular weight is 310 g/mol. The molecule has 0 aromatic carbocycles. The molecule has 0 amide bonds. The van der Waals surface area contributed by atoms with Crippen LogP contribution in [0.25, 0.3) is 0 Å². The highest BCUT2D eigenvalue weighted by Crippen LogP contribution is 2.31. The summed E-state index contributed by atoms with van der Waals surface area (Å²) in [6, 6.07) is 1.81. The lowest BCUT2D eigenvalue weighted by molar-refractivity contribution is -0.149. The van der Waals surface area contributed by atoms with Crippen LogP contribution in [0.3, 0.4) is 0 Å². The Kier molecular flexibility index (Phi) is 5.92. The summed E-state index contributed by atoms with van der Waals surface area (Å²) < 4.78 is 1.30. The number of hydrogen-bond donors (Lipinski definition) is 2. The van der Waals surface area contributed by atoms with Gasteiger partial charge in [-0.05, 0) is 24.5 Å². The number of nitrogens with one attached hydrogen (secondary N) is 1. The molecule has 1 aromatic rings. The van der Waals surface area contributed by atoms with Crippen molar-refractivity contribution in [2.24, 2.45) is 5.41 Å². The van der Waals surface area contributed by atoms with Crippen molar-refractivity contribution < 1.29 is 9.90 Å². The summed E-state index contributed by atoms with van der Waals surface area (Å²) in [7, 11) is 0. The third-order valence-electron chi connectivity index (χ3n) is 3.31. The fraction of sp³-hybridized carbons (Fsp3) is 0.583. The zero-order chi connectivity index (χ0) is 13.8. The Hall–Kier alpha value is -0.290. The highest BCUT2D eigenvalue weighted by atomic mass is 35.5. The quantitative estimate of drug-likeness (QED) is 0.799. The maximum absolute atomic E-state index is 11.3. The summed E-state index contributed by atoms with van der Waals surface area (Å²) in [6.45, 7) is 4.76. The van der Waals surface area contributed by atoms with Gasteiger partial charge in [0.2, 0.25) is 0 Å². The van der Waals surface area contributed by atoms with Crippen molar-refractivity contribution in [1.29, 1.82) is 0 Å². The van der Waals surface area contributed by atoms with Crippen LogP contribution < -0.4 is 5.32 Å². The normalized spacial score (nSPS) is 11.8. The number of carboxylic acid groups (broad SMARTS) is 1. The zero-order valence-corrected chi connectivity index (χ0v) is 12.8. The lowest BCUT2D eigenvalue weighted by Crippen LogP contribution is -2.39. The lowest BCUT2D eigenvalue weighted by atomic mass is 9.82. The van der Waals surface area contributed by atoms with Crippen molar-refractivity contribution in [2.45, 2.75) is 33.2 Å². The fourth-order valence-electron chi connectivity index (χ4n) is 1.81. The molecule has 0 fully saturated rings. The van der Waals surface area contributed by atoms with Crippen molar-refractivity contribution >= 4 is 40.5 Å². The van der Waals surface area contributed by atoms with Crippen molar-refractivity contribution in [1.82, 2.24) is 5.32 Å². The third-order valence-corrected chi connectivity index (χ3v) is 4.88.